The summed E-state index contributed by atoms with van der Waals surface area (Å²) in [5.41, 5.74) is 4.09. The Labute approximate surface area is 125 Å². The van der Waals surface area contributed by atoms with Crippen molar-refractivity contribution in [1.82, 2.24) is 0 Å². The van der Waals surface area contributed by atoms with Crippen LogP contribution < -0.4 is 4.90 Å². The van der Waals surface area contributed by atoms with Crippen LogP contribution in [-0.4, -0.2) is 25.2 Å². The fraction of sp³-hybridized carbons (Fsp3) is 0.278. The lowest BCUT2D eigenvalue weighted by molar-refractivity contribution is -0.138. The van der Waals surface area contributed by atoms with Crippen molar-refractivity contribution in [3.8, 4) is 0 Å². The van der Waals surface area contributed by atoms with Crippen LogP contribution in [0.25, 0.3) is 0 Å². The molecule has 0 saturated heterocycles. The number of hydrogen-bond acceptors (Lipinski definition) is 2. The van der Waals surface area contributed by atoms with Crippen LogP contribution in [0.3, 0.4) is 0 Å². The van der Waals surface area contributed by atoms with E-state index in [0.29, 0.717) is 6.42 Å². The topological polar surface area (TPSA) is 40.5 Å². The van der Waals surface area contributed by atoms with E-state index in [2.05, 4.69) is 0 Å². The molecule has 0 aliphatic carbocycles. The summed E-state index contributed by atoms with van der Waals surface area (Å²) in [5, 5.41) is 9.51. The van der Waals surface area contributed by atoms with E-state index in [9.17, 15) is 9.90 Å². The highest BCUT2D eigenvalue weighted by Crippen LogP contribution is 2.23. The fourth-order valence-electron chi connectivity index (χ4n) is 2.40. The molecule has 0 saturated carbocycles. The van der Waals surface area contributed by atoms with Crippen LogP contribution in [0, 0.1) is 6.92 Å². The molecular formula is C18H21NO2. The summed E-state index contributed by atoms with van der Waals surface area (Å²) in [5.74, 6) is -1.28. The average Bonchev–Trinajstić information content (AvgIpc) is 2.45. The second-order valence-electron chi connectivity index (χ2n) is 5.57. The molecule has 3 nitrogen and oxygen atoms in total. The van der Waals surface area contributed by atoms with E-state index in [1.54, 1.807) is 0 Å². The van der Waals surface area contributed by atoms with Crippen molar-refractivity contribution in [2.24, 2.45) is 0 Å². The first kappa shape index (κ1) is 15.1. The Kier molecular flexibility index (Phi) is 4.63. The molecule has 0 aliphatic heterocycles. The van der Waals surface area contributed by atoms with E-state index in [4.69, 9.17) is 0 Å². The van der Waals surface area contributed by atoms with Gasteiger partial charge in [-0.3, -0.25) is 4.79 Å². The molecule has 0 radical (unpaired) electrons. The Morgan fingerprint density at radius 1 is 1.14 bits per heavy atom. The highest BCUT2D eigenvalue weighted by atomic mass is 16.4. The van der Waals surface area contributed by atoms with Crippen LogP contribution in [-0.2, 0) is 11.2 Å². The van der Waals surface area contributed by atoms with Crippen LogP contribution in [0.1, 0.15) is 22.6 Å². The number of nitrogens with zero attached hydrogens (tertiary/aromatic N) is 1. The van der Waals surface area contributed by atoms with Crippen molar-refractivity contribution in [2.45, 2.75) is 19.3 Å². The highest BCUT2D eigenvalue weighted by Gasteiger charge is 2.20. The minimum Gasteiger partial charge on any atom is -0.481 e. The molecule has 0 heterocycles. The van der Waals surface area contributed by atoms with Crippen LogP contribution >= 0.6 is 0 Å². The molecule has 0 spiro atoms. The van der Waals surface area contributed by atoms with Gasteiger partial charge in [-0.05, 0) is 36.6 Å². The zero-order chi connectivity index (χ0) is 15.4. The third-order valence-electron chi connectivity index (χ3n) is 3.64. The van der Waals surface area contributed by atoms with Gasteiger partial charge in [0.05, 0.1) is 5.92 Å². The molecule has 2 rings (SSSR count). The molecule has 1 atom stereocenters. The second kappa shape index (κ2) is 6.44. The first-order valence-electron chi connectivity index (χ1n) is 7.03. The molecule has 3 heteroatoms. The number of carbonyl (C=O) groups is 1. The van der Waals surface area contributed by atoms with E-state index >= 15 is 0 Å². The van der Waals surface area contributed by atoms with E-state index in [-0.39, 0.29) is 0 Å². The maximum atomic E-state index is 11.6. The summed E-state index contributed by atoms with van der Waals surface area (Å²) in [4.78, 5) is 13.6. The normalized spacial score (nSPS) is 12.0. The quantitative estimate of drug-likeness (QED) is 0.913. The van der Waals surface area contributed by atoms with Gasteiger partial charge in [-0.15, -0.1) is 0 Å². The maximum absolute atomic E-state index is 11.6. The predicted octanol–water partition coefficient (Wildman–Crippen LogP) is 3.47. The molecule has 2 aromatic rings. The molecule has 0 fully saturated rings. The van der Waals surface area contributed by atoms with E-state index in [1.165, 1.54) is 0 Å². The molecular weight excluding hydrogens is 262 g/mol. The van der Waals surface area contributed by atoms with E-state index in [1.807, 2.05) is 74.4 Å². The van der Waals surface area contributed by atoms with E-state index in [0.717, 1.165) is 22.4 Å². The Balaban J connectivity index is 2.22. The number of carboxylic acids is 1. The molecule has 0 aliphatic rings. The van der Waals surface area contributed by atoms with Crippen molar-refractivity contribution < 1.29 is 9.90 Å². The number of hydrogen-bond donors (Lipinski definition) is 1. The van der Waals surface area contributed by atoms with Gasteiger partial charge in [0.1, 0.15) is 0 Å². The highest BCUT2D eigenvalue weighted by molar-refractivity contribution is 5.76. The first-order chi connectivity index (χ1) is 9.97. The van der Waals surface area contributed by atoms with Gasteiger partial charge in [-0.25, -0.2) is 0 Å². The lowest BCUT2D eigenvalue weighted by atomic mass is 9.91. The van der Waals surface area contributed by atoms with Gasteiger partial charge in [0.2, 0.25) is 0 Å². The maximum Gasteiger partial charge on any atom is 0.311 e. The monoisotopic (exact) mass is 283 g/mol. The van der Waals surface area contributed by atoms with Crippen molar-refractivity contribution in [2.75, 3.05) is 19.0 Å². The third kappa shape index (κ3) is 3.85. The van der Waals surface area contributed by atoms with Gasteiger partial charge in [-0.2, -0.15) is 0 Å². The number of aliphatic carboxylic acids is 1. The summed E-state index contributed by atoms with van der Waals surface area (Å²) in [6.07, 6.45) is 0.506. The summed E-state index contributed by atoms with van der Waals surface area (Å²) in [7, 11) is 3.98. The molecule has 2 aromatic carbocycles. The van der Waals surface area contributed by atoms with Gasteiger partial charge in [0, 0.05) is 19.8 Å². The van der Waals surface area contributed by atoms with Crippen LogP contribution in [0.4, 0.5) is 5.69 Å². The Morgan fingerprint density at radius 3 is 2.33 bits per heavy atom. The lowest BCUT2D eigenvalue weighted by Gasteiger charge is -2.16. The summed E-state index contributed by atoms with van der Waals surface area (Å²) < 4.78 is 0. The molecule has 0 amide bonds. The van der Waals surface area contributed by atoms with Gasteiger partial charge >= 0.3 is 5.97 Å². The average molecular weight is 283 g/mol. The number of rotatable bonds is 5. The van der Waals surface area contributed by atoms with Crippen LogP contribution in [0.15, 0.2) is 48.5 Å². The van der Waals surface area contributed by atoms with Gasteiger partial charge < -0.3 is 10.0 Å². The molecule has 110 valence electrons. The molecule has 0 aromatic heterocycles. The van der Waals surface area contributed by atoms with Crippen LogP contribution in [0.5, 0.6) is 0 Å². The third-order valence-corrected chi connectivity index (χ3v) is 3.64. The largest absolute Gasteiger partial charge is 0.481 e. The van der Waals surface area contributed by atoms with Crippen molar-refractivity contribution in [1.29, 1.82) is 0 Å². The minimum absolute atomic E-state index is 0.505. The molecule has 1 unspecified atom stereocenters. The molecule has 1 N–H and O–H groups in total. The smallest absolute Gasteiger partial charge is 0.311 e. The second-order valence-corrected chi connectivity index (χ2v) is 5.57. The number of anilines is 1. The fourth-order valence-corrected chi connectivity index (χ4v) is 2.40. The van der Waals surface area contributed by atoms with Gasteiger partial charge in [-0.1, -0.05) is 42.0 Å². The number of aryl methyl sites for hydroxylation is 1. The van der Waals surface area contributed by atoms with Crippen molar-refractivity contribution in [3.05, 3.63) is 65.2 Å². The Bertz CT molecular complexity index is 617. The van der Waals surface area contributed by atoms with Gasteiger partial charge in [0.25, 0.3) is 0 Å². The summed E-state index contributed by atoms with van der Waals surface area (Å²) in [6, 6.07) is 15.8. The molecule has 0 bridgehead atoms. The first-order valence-corrected chi connectivity index (χ1v) is 7.03. The Morgan fingerprint density at radius 2 is 1.81 bits per heavy atom. The molecule has 21 heavy (non-hydrogen) atoms. The zero-order valence-corrected chi connectivity index (χ0v) is 12.7. The zero-order valence-electron chi connectivity index (χ0n) is 12.7. The lowest BCUT2D eigenvalue weighted by Crippen LogP contribution is -2.15. The van der Waals surface area contributed by atoms with E-state index < -0.39 is 11.9 Å². The standard InChI is InChI=1S/C18H21NO2/c1-13-5-4-6-15(11-13)17(18(20)21)12-14-7-9-16(10-8-14)19(2)3/h4-11,17H,12H2,1-3H3,(H,20,21). The van der Waals surface area contributed by atoms with Crippen molar-refractivity contribution in [3.63, 3.8) is 0 Å². The SMILES string of the molecule is Cc1cccc(C(Cc2ccc(N(C)C)cc2)C(=O)O)c1. The number of carboxylic acid groups (broad SMARTS) is 1. The number of benzene rings is 2. The minimum atomic E-state index is -0.780. The summed E-state index contributed by atoms with van der Waals surface area (Å²) >= 11 is 0. The predicted molar refractivity (Wildman–Crippen MR) is 86.0 cm³/mol. The van der Waals surface area contributed by atoms with Crippen molar-refractivity contribution >= 4 is 11.7 Å². The van der Waals surface area contributed by atoms with Gasteiger partial charge in [0.15, 0.2) is 0 Å². The Hall–Kier alpha value is -2.29. The summed E-state index contributed by atoms with van der Waals surface area (Å²) in [6.45, 7) is 1.98. The van der Waals surface area contributed by atoms with Crippen LogP contribution in [0.2, 0.25) is 0 Å².